The molecule has 2 aromatic carbocycles. The number of phenolic OH excluding ortho intramolecular Hbond substituents is 2. The number of phenols is 2. The molecule has 0 unspecified atom stereocenters. The van der Waals surface area contributed by atoms with Gasteiger partial charge in [0.1, 0.15) is 17.3 Å². The zero-order valence-corrected chi connectivity index (χ0v) is 9.37. The minimum Gasteiger partial charge on any atom is -0.508 e. The first kappa shape index (κ1) is 13.2. The van der Waals surface area contributed by atoms with Gasteiger partial charge in [-0.2, -0.15) is 13.2 Å². The second-order valence-corrected chi connectivity index (χ2v) is 3.90. The molecule has 0 bridgehead atoms. The van der Waals surface area contributed by atoms with Gasteiger partial charge in [0.25, 0.3) is 0 Å². The lowest BCUT2D eigenvalue weighted by Crippen LogP contribution is -2.08. The zero-order valence-electron chi connectivity index (χ0n) is 9.37. The Morgan fingerprint density at radius 3 is 2.00 bits per heavy atom. The zero-order chi connectivity index (χ0) is 14.2. The highest BCUT2D eigenvalue weighted by Gasteiger charge is 2.34. The highest BCUT2D eigenvalue weighted by atomic mass is 19.4. The lowest BCUT2D eigenvalue weighted by molar-refractivity contribution is -0.139. The highest BCUT2D eigenvalue weighted by Crippen LogP contribution is 2.37. The summed E-state index contributed by atoms with van der Waals surface area (Å²) < 4.78 is 51.5. The van der Waals surface area contributed by atoms with Gasteiger partial charge in [-0.25, -0.2) is 4.39 Å². The van der Waals surface area contributed by atoms with Gasteiger partial charge in [0.15, 0.2) is 0 Å². The van der Waals surface area contributed by atoms with E-state index in [9.17, 15) is 27.8 Å². The summed E-state index contributed by atoms with van der Waals surface area (Å²) in [7, 11) is 0. The fourth-order valence-corrected chi connectivity index (χ4v) is 1.72. The molecule has 2 N–H and O–H groups in total. The molecule has 0 aliphatic carbocycles. The molecule has 0 saturated heterocycles. The molecule has 6 heteroatoms. The Labute approximate surface area is 105 Å². The number of halogens is 4. The van der Waals surface area contributed by atoms with E-state index in [-0.39, 0.29) is 22.6 Å². The molecule has 2 rings (SSSR count). The number of hydrogen-bond acceptors (Lipinski definition) is 2. The summed E-state index contributed by atoms with van der Waals surface area (Å²) in [5.41, 5.74) is -1.78. The van der Waals surface area contributed by atoms with E-state index in [1.807, 2.05) is 0 Å². The number of aromatic hydroxyl groups is 2. The second kappa shape index (κ2) is 4.46. The molecule has 100 valence electrons. The minimum atomic E-state index is -4.81. The quantitative estimate of drug-likeness (QED) is 0.772. The molecule has 0 aliphatic heterocycles. The summed E-state index contributed by atoms with van der Waals surface area (Å²) in [4.78, 5) is 0. The minimum absolute atomic E-state index is 0.0406. The first-order valence-corrected chi connectivity index (χ1v) is 5.18. The maximum absolute atomic E-state index is 13.8. The average molecular weight is 272 g/mol. The molecular weight excluding hydrogens is 264 g/mol. The topological polar surface area (TPSA) is 40.5 Å². The van der Waals surface area contributed by atoms with Gasteiger partial charge in [-0.15, -0.1) is 0 Å². The molecule has 0 aromatic heterocycles. The first-order valence-electron chi connectivity index (χ1n) is 5.18. The molecule has 0 radical (unpaired) electrons. The number of rotatable bonds is 1. The fourth-order valence-electron chi connectivity index (χ4n) is 1.72. The average Bonchev–Trinajstić information content (AvgIpc) is 2.26. The van der Waals surface area contributed by atoms with E-state index in [2.05, 4.69) is 0 Å². The first-order chi connectivity index (χ1) is 8.79. The Morgan fingerprint density at radius 1 is 0.895 bits per heavy atom. The van der Waals surface area contributed by atoms with Gasteiger partial charge < -0.3 is 10.2 Å². The van der Waals surface area contributed by atoms with Crippen LogP contribution in [0.15, 0.2) is 36.4 Å². The molecule has 2 aromatic rings. The smallest absolute Gasteiger partial charge is 0.419 e. The largest absolute Gasteiger partial charge is 0.508 e. The van der Waals surface area contributed by atoms with E-state index in [1.165, 1.54) is 0 Å². The van der Waals surface area contributed by atoms with Crippen molar-refractivity contribution >= 4 is 0 Å². The Bertz CT molecular complexity index is 600. The van der Waals surface area contributed by atoms with Crippen molar-refractivity contribution in [2.75, 3.05) is 0 Å². The third-order valence-corrected chi connectivity index (χ3v) is 2.52. The SMILES string of the molecule is Oc1cc(O)cc(-c2cccc(C(F)(F)F)c2F)c1. The normalized spacial score (nSPS) is 11.6. The molecule has 2 nitrogen and oxygen atoms in total. The summed E-state index contributed by atoms with van der Waals surface area (Å²) in [6.07, 6.45) is -4.81. The van der Waals surface area contributed by atoms with E-state index < -0.39 is 17.6 Å². The van der Waals surface area contributed by atoms with E-state index in [4.69, 9.17) is 0 Å². The standard InChI is InChI=1S/C13H8F4O2/c14-12-10(2-1-3-11(12)13(15,16)17)7-4-8(18)6-9(19)5-7/h1-6,18-19H. The third kappa shape index (κ3) is 2.62. The second-order valence-electron chi connectivity index (χ2n) is 3.90. The maximum atomic E-state index is 13.8. The molecular formula is C13H8F4O2. The van der Waals surface area contributed by atoms with E-state index >= 15 is 0 Å². The van der Waals surface area contributed by atoms with Crippen molar-refractivity contribution in [1.82, 2.24) is 0 Å². The van der Waals surface area contributed by atoms with Crippen LogP contribution in [-0.4, -0.2) is 10.2 Å². The summed E-state index contributed by atoms with van der Waals surface area (Å²) >= 11 is 0. The van der Waals surface area contributed by atoms with Crippen LogP contribution in [0.3, 0.4) is 0 Å². The fraction of sp³-hybridized carbons (Fsp3) is 0.0769. The lowest BCUT2D eigenvalue weighted by Gasteiger charge is -2.11. The molecule has 0 atom stereocenters. The molecule has 0 spiro atoms. The van der Waals surface area contributed by atoms with E-state index in [0.717, 1.165) is 30.3 Å². The number of alkyl halides is 3. The molecule has 0 amide bonds. The molecule has 0 heterocycles. The summed E-state index contributed by atoms with van der Waals surface area (Å²) in [5, 5.41) is 18.5. The summed E-state index contributed by atoms with van der Waals surface area (Å²) in [6.45, 7) is 0. The van der Waals surface area contributed by atoms with Gasteiger partial charge in [0.2, 0.25) is 0 Å². The van der Waals surface area contributed by atoms with Crippen molar-refractivity contribution in [2.45, 2.75) is 6.18 Å². The lowest BCUT2D eigenvalue weighted by atomic mass is 10.0. The van der Waals surface area contributed by atoms with Crippen LogP contribution in [0.4, 0.5) is 17.6 Å². The van der Waals surface area contributed by atoms with Crippen LogP contribution in [-0.2, 0) is 6.18 Å². The van der Waals surface area contributed by atoms with Crippen molar-refractivity contribution < 1.29 is 27.8 Å². The van der Waals surface area contributed by atoms with Crippen LogP contribution < -0.4 is 0 Å². The Hall–Kier alpha value is -2.24. The third-order valence-electron chi connectivity index (χ3n) is 2.52. The Balaban J connectivity index is 2.63. The monoisotopic (exact) mass is 272 g/mol. The van der Waals surface area contributed by atoms with Crippen molar-refractivity contribution in [2.24, 2.45) is 0 Å². The maximum Gasteiger partial charge on any atom is 0.419 e. The molecule has 19 heavy (non-hydrogen) atoms. The van der Waals surface area contributed by atoms with E-state index in [0.29, 0.717) is 6.07 Å². The van der Waals surface area contributed by atoms with Gasteiger partial charge in [0.05, 0.1) is 5.56 Å². The number of benzene rings is 2. The Morgan fingerprint density at radius 2 is 1.47 bits per heavy atom. The van der Waals surface area contributed by atoms with Crippen molar-refractivity contribution in [3.63, 3.8) is 0 Å². The van der Waals surface area contributed by atoms with Crippen LogP contribution in [0, 0.1) is 5.82 Å². The van der Waals surface area contributed by atoms with Gasteiger partial charge in [0, 0.05) is 11.6 Å². The van der Waals surface area contributed by atoms with Gasteiger partial charge >= 0.3 is 6.18 Å². The van der Waals surface area contributed by atoms with Crippen LogP contribution in [0.1, 0.15) is 5.56 Å². The Kier molecular flexibility index (Phi) is 3.09. The predicted molar refractivity (Wildman–Crippen MR) is 60.2 cm³/mol. The van der Waals surface area contributed by atoms with Gasteiger partial charge in [-0.1, -0.05) is 12.1 Å². The molecule has 0 saturated carbocycles. The molecule has 0 aliphatic rings. The highest BCUT2D eigenvalue weighted by molar-refractivity contribution is 5.68. The van der Waals surface area contributed by atoms with Gasteiger partial charge in [-0.3, -0.25) is 0 Å². The van der Waals surface area contributed by atoms with Crippen molar-refractivity contribution in [3.8, 4) is 22.6 Å². The van der Waals surface area contributed by atoms with Crippen LogP contribution >= 0.6 is 0 Å². The summed E-state index contributed by atoms with van der Waals surface area (Å²) in [6, 6.07) is 5.95. The van der Waals surface area contributed by atoms with Crippen LogP contribution in [0.2, 0.25) is 0 Å². The van der Waals surface area contributed by atoms with Crippen LogP contribution in [0.5, 0.6) is 11.5 Å². The van der Waals surface area contributed by atoms with Crippen LogP contribution in [0.25, 0.3) is 11.1 Å². The molecule has 0 fully saturated rings. The number of hydrogen-bond donors (Lipinski definition) is 2. The van der Waals surface area contributed by atoms with Gasteiger partial charge in [-0.05, 0) is 23.8 Å². The van der Waals surface area contributed by atoms with Crippen molar-refractivity contribution in [3.05, 3.63) is 47.8 Å². The summed E-state index contributed by atoms with van der Waals surface area (Å²) in [5.74, 6) is -2.18. The predicted octanol–water partition coefficient (Wildman–Crippen LogP) is 3.92. The van der Waals surface area contributed by atoms with E-state index in [1.54, 1.807) is 0 Å². The van der Waals surface area contributed by atoms with Crippen molar-refractivity contribution in [1.29, 1.82) is 0 Å².